The van der Waals surface area contributed by atoms with E-state index in [1.54, 1.807) is 0 Å². The van der Waals surface area contributed by atoms with Gasteiger partial charge in [0, 0.05) is 5.33 Å². The molecule has 1 aliphatic carbocycles. The summed E-state index contributed by atoms with van der Waals surface area (Å²) in [6, 6.07) is 2.73. The highest BCUT2D eigenvalue weighted by Gasteiger charge is 2.39. The number of hydrogen-bond acceptors (Lipinski definition) is 2. The molecule has 2 nitrogen and oxygen atoms in total. The van der Waals surface area contributed by atoms with Gasteiger partial charge in [-0.3, -0.25) is 0 Å². The van der Waals surface area contributed by atoms with Crippen molar-refractivity contribution in [3.8, 4) is 0 Å². The Kier molecular flexibility index (Phi) is 4.06. The molecule has 1 saturated heterocycles. The van der Waals surface area contributed by atoms with Crippen LogP contribution < -0.4 is 0 Å². The molecule has 2 aliphatic rings. The molecule has 2 rings (SSSR count). The fourth-order valence-corrected chi connectivity index (χ4v) is 8.00. The Hall–Kier alpha value is -0.313. The van der Waals surface area contributed by atoms with Crippen molar-refractivity contribution in [3.05, 3.63) is 0 Å². The number of hydrogen-bond donors (Lipinski definition) is 1. The monoisotopic (exact) mass is 239 g/mol. The van der Waals surface area contributed by atoms with Crippen molar-refractivity contribution in [1.82, 2.24) is 0 Å². The Balaban J connectivity index is 2.08. The minimum atomic E-state index is -1.35. The summed E-state index contributed by atoms with van der Waals surface area (Å²) in [7, 11) is -1.35. The van der Waals surface area contributed by atoms with E-state index < -0.39 is 8.07 Å². The molecule has 2 fully saturated rings. The average Bonchev–Trinajstić information content (AvgIpc) is 2.32. The third kappa shape index (κ3) is 2.50. The number of rotatable bonds is 2. The highest BCUT2D eigenvalue weighted by Crippen LogP contribution is 2.36. The van der Waals surface area contributed by atoms with E-state index in [1.807, 2.05) is 0 Å². The van der Waals surface area contributed by atoms with Crippen LogP contribution in [0.2, 0.25) is 18.6 Å². The molecule has 0 spiro atoms. The maximum atomic E-state index is 9.42. The first-order chi connectivity index (χ1) is 7.76. The molecule has 0 aromatic heterocycles. The molecule has 92 valence electrons. The van der Waals surface area contributed by atoms with Gasteiger partial charge in [-0.1, -0.05) is 57.2 Å². The summed E-state index contributed by atoms with van der Waals surface area (Å²) >= 11 is 0. The predicted molar refractivity (Wildman–Crippen MR) is 70.9 cm³/mol. The zero-order chi connectivity index (χ0) is 11.4. The maximum absolute atomic E-state index is 9.42. The third-order valence-electron chi connectivity index (χ3n) is 4.68. The van der Waals surface area contributed by atoms with Crippen molar-refractivity contribution in [3.63, 3.8) is 0 Å². The summed E-state index contributed by atoms with van der Waals surface area (Å²) in [5.41, 5.74) is 0. The van der Waals surface area contributed by atoms with E-state index in [0.717, 1.165) is 0 Å². The first kappa shape index (κ1) is 12.2. The van der Waals surface area contributed by atoms with E-state index in [9.17, 15) is 5.21 Å². The quantitative estimate of drug-likeness (QED) is 0.333. The molecule has 0 atom stereocenters. The molecule has 1 aliphatic heterocycles. The van der Waals surface area contributed by atoms with Gasteiger partial charge >= 0.3 is 0 Å². The lowest BCUT2D eigenvalue weighted by atomic mass is 9.90. The Bertz CT molecular complexity index is 253. The molecule has 1 heterocycles. The van der Waals surface area contributed by atoms with Crippen LogP contribution in [0.5, 0.6) is 0 Å². The summed E-state index contributed by atoms with van der Waals surface area (Å²) in [6.45, 7) is 2.45. The van der Waals surface area contributed by atoms with E-state index >= 15 is 0 Å². The standard InChI is InChI=1S/C13H25NOSi/c1-16(10-6-3-7-11-16)13(14-15)12-8-4-2-5-9-12/h12,15H,2-11H2,1H3. The van der Waals surface area contributed by atoms with Crippen LogP contribution in [0.4, 0.5) is 0 Å². The van der Waals surface area contributed by atoms with Gasteiger partial charge in [-0.2, -0.15) is 0 Å². The fraction of sp³-hybridized carbons (Fsp3) is 0.923. The summed E-state index contributed by atoms with van der Waals surface area (Å²) in [4.78, 5) is 0. The molecule has 1 N–H and O–H groups in total. The van der Waals surface area contributed by atoms with Gasteiger partial charge in [0.05, 0.1) is 0 Å². The van der Waals surface area contributed by atoms with E-state index in [0.29, 0.717) is 5.92 Å². The molecular formula is C13H25NOSi. The lowest BCUT2D eigenvalue weighted by molar-refractivity contribution is 0.311. The van der Waals surface area contributed by atoms with Crippen molar-refractivity contribution in [1.29, 1.82) is 0 Å². The molecule has 1 saturated carbocycles. The van der Waals surface area contributed by atoms with E-state index in [2.05, 4.69) is 11.7 Å². The van der Waals surface area contributed by atoms with Gasteiger partial charge in [-0.05, 0) is 18.8 Å². The minimum absolute atomic E-state index is 0.633. The molecule has 3 heteroatoms. The summed E-state index contributed by atoms with van der Waals surface area (Å²) < 4.78 is 0. The SMILES string of the molecule is C[Si]1(C(=NO)C2CCCCC2)CCCCC1. The average molecular weight is 239 g/mol. The molecular weight excluding hydrogens is 214 g/mol. The Morgan fingerprint density at radius 2 is 1.56 bits per heavy atom. The van der Waals surface area contributed by atoms with E-state index in [1.165, 1.54) is 68.8 Å². The van der Waals surface area contributed by atoms with Crippen LogP contribution >= 0.6 is 0 Å². The fourth-order valence-electron chi connectivity index (χ4n) is 3.66. The lowest BCUT2D eigenvalue weighted by Gasteiger charge is -2.36. The van der Waals surface area contributed by atoms with Crippen LogP contribution in [-0.4, -0.2) is 18.6 Å². The highest BCUT2D eigenvalue weighted by molar-refractivity contribution is 7.06. The Morgan fingerprint density at radius 3 is 2.12 bits per heavy atom. The number of oxime groups is 1. The van der Waals surface area contributed by atoms with Gasteiger partial charge in [0.15, 0.2) is 0 Å². The third-order valence-corrected chi connectivity index (χ3v) is 9.33. The van der Waals surface area contributed by atoms with Crippen LogP contribution in [0, 0.1) is 5.92 Å². The smallest absolute Gasteiger partial charge is 0.107 e. The second-order valence-electron chi connectivity index (χ2n) is 5.94. The van der Waals surface area contributed by atoms with Crippen molar-refractivity contribution < 1.29 is 5.21 Å². The van der Waals surface area contributed by atoms with Crippen LogP contribution in [0.1, 0.15) is 51.4 Å². The van der Waals surface area contributed by atoms with Gasteiger partial charge in [-0.25, -0.2) is 0 Å². The van der Waals surface area contributed by atoms with Gasteiger partial charge in [-0.15, -0.1) is 5.16 Å². The summed E-state index contributed by atoms with van der Waals surface area (Å²) in [5, 5.41) is 14.5. The molecule has 16 heavy (non-hydrogen) atoms. The van der Waals surface area contributed by atoms with Crippen LogP contribution in [0.3, 0.4) is 0 Å². The molecule has 0 radical (unpaired) electrons. The topological polar surface area (TPSA) is 32.6 Å². The molecule has 0 bridgehead atoms. The van der Waals surface area contributed by atoms with Crippen molar-refractivity contribution in [2.75, 3.05) is 0 Å². The lowest BCUT2D eigenvalue weighted by Crippen LogP contribution is -2.46. The predicted octanol–water partition coefficient (Wildman–Crippen LogP) is 4.20. The zero-order valence-corrected chi connectivity index (χ0v) is 11.5. The van der Waals surface area contributed by atoms with Gasteiger partial charge in [0.25, 0.3) is 0 Å². The van der Waals surface area contributed by atoms with Crippen molar-refractivity contribution in [2.24, 2.45) is 11.1 Å². The second kappa shape index (κ2) is 5.35. The normalized spacial score (nSPS) is 27.9. The highest BCUT2D eigenvalue weighted by atomic mass is 28.3. The maximum Gasteiger partial charge on any atom is 0.107 e. The van der Waals surface area contributed by atoms with E-state index in [-0.39, 0.29) is 0 Å². The van der Waals surface area contributed by atoms with Crippen LogP contribution in [-0.2, 0) is 0 Å². The van der Waals surface area contributed by atoms with E-state index in [4.69, 9.17) is 0 Å². The minimum Gasteiger partial charge on any atom is -0.411 e. The molecule has 0 aromatic rings. The molecule has 0 amide bonds. The number of nitrogens with zero attached hydrogens (tertiary/aromatic N) is 1. The summed E-state index contributed by atoms with van der Waals surface area (Å²) in [5.74, 6) is 0.633. The van der Waals surface area contributed by atoms with Crippen LogP contribution in [0.15, 0.2) is 5.16 Å². The van der Waals surface area contributed by atoms with Crippen molar-refractivity contribution >= 4 is 13.4 Å². The van der Waals surface area contributed by atoms with Gasteiger partial charge in [0.2, 0.25) is 0 Å². The van der Waals surface area contributed by atoms with Crippen LogP contribution in [0.25, 0.3) is 0 Å². The van der Waals surface area contributed by atoms with Gasteiger partial charge in [0.1, 0.15) is 8.07 Å². The second-order valence-corrected chi connectivity index (χ2v) is 10.6. The molecule has 0 unspecified atom stereocenters. The molecule has 0 aromatic carbocycles. The zero-order valence-electron chi connectivity index (χ0n) is 10.5. The van der Waals surface area contributed by atoms with Crippen molar-refractivity contribution in [2.45, 2.75) is 70.0 Å². The largest absolute Gasteiger partial charge is 0.411 e. The van der Waals surface area contributed by atoms with Gasteiger partial charge < -0.3 is 5.21 Å². The Morgan fingerprint density at radius 1 is 1.00 bits per heavy atom. The first-order valence-electron chi connectivity index (χ1n) is 6.99. The first-order valence-corrected chi connectivity index (χ1v) is 9.90. The Labute approximate surface area is 100 Å². The summed E-state index contributed by atoms with van der Waals surface area (Å²) in [6.07, 6.45) is 10.8.